The van der Waals surface area contributed by atoms with Gasteiger partial charge in [0.1, 0.15) is 29.4 Å². The number of likely N-dealkylation sites (N-methyl/N-ethyl adjacent to an activating group) is 1. The zero-order valence-electron chi connectivity index (χ0n) is 22.6. The molecule has 0 saturated heterocycles. The molecule has 1 atom stereocenters. The molecule has 0 radical (unpaired) electrons. The van der Waals surface area contributed by atoms with E-state index >= 15 is 0 Å². The monoisotopic (exact) mass is 546 g/mol. The standard InChI is InChI=1S/C29H30N4O5S/c1-6-32(7-2)28(35)25-18(3)31-29-33(26(25)21-17-20(36-4)12-13-23(21)37-5)27(34)24(39-29)16-19-10-8-9-11-22(19)38-15-14-30/h8-13,16-17,26H,6-7,15H2,1-5H3/b24-16+/t26-/m0/s1. The van der Waals surface area contributed by atoms with Crippen molar-refractivity contribution in [3.63, 3.8) is 0 Å². The molecule has 0 aliphatic carbocycles. The van der Waals surface area contributed by atoms with Gasteiger partial charge in [0.05, 0.1) is 30.0 Å². The minimum Gasteiger partial charge on any atom is -0.497 e. The molecule has 1 aromatic heterocycles. The number of nitrogens with zero attached hydrogens (tertiary/aromatic N) is 4. The van der Waals surface area contributed by atoms with Gasteiger partial charge in [0, 0.05) is 24.2 Å². The van der Waals surface area contributed by atoms with Gasteiger partial charge in [-0.05, 0) is 51.1 Å². The van der Waals surface area contributed by atoms with E-state index in [9.17, 15) is 9.59 Å². The van der Waals surface area contributed by atoms with E-state index in [4.69, 9.17) is 24.5 Å². The fourth-order valence-electron chi connectivity index (χ4n) is 4.61. The predicted molar refractivity (Wildman–Crippen MR) is 149 cm³/mol. The Hall–Kier alpha value is -4.36. The first-order valence-electron chi connectivity index (χ1n) is 12.5. The number of hydrogen-bond acceptors (Lipinski definition) is 8. The first-order chi connectivity index (χ1) is 18.9. The number of ether oxygens (including phenoxy) is 3. The van der Waals surface area contributed by atoms with E-state index in [1.54, 1.807) is 67.0 Å². The molecule has 2 heterocycles. The van der Waals surface area contributed by atoms with Gasteiger partial charge in [0.25, 0.3) is 11.5 Å². The zero-order valence-corrected chi connectivity index (χ0v) is 23.4. The van der Waals surface area contributed by atoms with Crippen LogP contribution in [0.2, 0.25) is 0 Å². The number of allylic oxidation sites excluding steroid dienone is 1. The van der Waals surface area contributed by atoms with Crippen molar-refractivity contribution in [2.75, 3.05) is 33.9 Å². The summed E-state index contributed by atoms with van der Waals surface area (Å²) in [5.41, 5.74) is 1.91. The van der Waals surface area contributed by atoms with Crippen molar-refractivity contribution in [2.45, 2.75) is 26.8 Å². The van der Waals surface area contributed by atoms with Gasteiger partial charge >= 0.3 is 0 Å². The highest BCUT2D eigenvalue weighted by Gasteiger charge is 2.36. The smallest absolute Gasteiger partial charge is 0.271 e. The number of amides is 1. The molecular weight excluding hydrogens is 516 g/mol. The fraction of sp³-hybridized carbons (Fsp3) is 0.310. The normalized spacial score (nSPS) is 14.8. The summed E-state index contributed by atoms with van der Waals surface area (Å²) in [7, 11) is 3.11. The van der Waals surface area contributed by atoms with Gasteiger partial charge in [-0.3, -0.25) is 14.2 Å². The second-order valence-electron chi connectivity index (χ2n) is 8.65. The molecule has 39 heavy (non-hydrogen) atoms. The predicted octanol–water partition coefficient (Wildman–Crippen LogP) is 3.02. The Morgan fingerprint density at radius 1 is 1.15 bits per heavy atom. The summed E-state index contributed by atoms with van der Waals surface area (Å²) in [6, 6.07) is 13.7. The van der Waals surface area contributed by atoms with E-state index < -0.39 is 6.04 Å². The van der Waals surface area contributed by atoms with E-state index in [0.29, 0.717) is 62.1 Å². The molecule has 1 aliphatic heterocycles. The Kier molecular flexibility index (Phi) is 8.52. The summed E-state index contributed by atoms with van der Waals surface area (Å²) in [6.45, 7) is 6.53. The van der Waals surface area contributed by atoms with E-state index in [0.717, 1.165) is 0 Å². The molecule has 4 rings (SSSR count). The third kappa shape index (κ3) is 5.31. The number of carbonyl (C=O) groups excluding carboxylic acids is 1. The first kappa shape index (κ1) is 27.7. The molecular formula is C29H30N4O5S. The number of fused-ring (bicyclic) bond motifs is 1. The number of rotatable bonds is 9. The summed E-state index contributed by atoms with van der Waals surface area (Å²) in [4.78, 5) is 34.8. The van der Waals surface area contributed by atoms with Crippen LogP contribution in [0.4, 0.5) is 0 Å². The molecule has 0 unspecified atom stereocenters. The molecule has 9 nitrogen and oxygen atoms in total. The summed E-state index contributed by atoms with van der Waals surface area (Å²) >= 11 is 1.23. The van der Waals surface area contributed by atoms with Gasteiger partial charge in [0.15, 0.2) is 11.4 Å². The van der Waals surface area contributed by atoms with Gasteiger partial charge in [-0.2, -0.15) is 5.26 Å². The van der Waals surface area contributed by atoms with Crippen LogP contribution in [-0.4, -0.2) is 49.3 Å². The van der Waals surface area contributed by atoms with Crippen molar-refractivity contribution in [3.05, 3.63) is 84.5 Å². The summed E-state index contributed by atoms with van der Waals surface area (Å²) in [5, 5.41) is 8.95. The number of benzene rings is 2. The van der Waals surface area contributed by atoms with Crippen molar-refractivity contribution in [1.29, 1.82) is 5.26 Å². The van der Waals surface area contributed by atoms with Crippen molar-refractivity contribution in [2.24, 2.45) is 4.99 Å². The number of aromatic nitrogens is 1. The highest BCUT2D eigenvalue weighted by atomic mass is 32.1. The fourth-order valence-corrected chi connectivity index (χ4v) is 5.64. The number of para-hydroxylation sites is 1. The van der Waals surface area contributed by atoms with Gasteiger partial charge in [0.2, 0.25) is 0 Å². The Bertz CT molecular complexity index is 1640. The van der Waals surface area contributed by atoms with Crippen molar-refractivity contribution in [3.8, 4) is 23.3 Å². The molecule has 0 N–H and O–H groups in total. The number of hydrogen-bond donors (Lipinski definition) is 0. The van der Waals surface area contributed by atoms with Crippen LogP contribution in [0.15, 0.2) is 63.5 Å². The van der Waals surface area contributed by atoms with Crippen molar-refractivity contribution in [1.82, 2.24) is 9.47 Å². The third-order valence-electron chi connectivity index (χ3n) is 6.53. The SMILES string of the molecule is CCN(CC)C(=O)C1=C(C)N=c2s/c(=C/c3ccccc3OCC#N)c(=O)n2[C@H]1c1cc(OC)ccc1OC. The van der Waals surface area contributed by atoms with E-state index in [-0.39, 0.29) is 18.1 Å². The summed E-state index contributed by atoms with van der Waals surface area (Å²) in [5.74, 6) is 1.39. The average molecular weight is 547 g/mol. The van der Waals surface area contributed by atoms with Crippen LogP contribution in [0.5, 0.6) is 17.2 Å². The number of nitriles is 1. The molecule has 0 bridgehead atoms. The maximum absolute atomic E-state index is 14.0. The number of carbonyl (C=O) groups is 1. The first-order valence-corrected chi connectivity index (χ1v) is 13.3. The topological polar surface area (TPSA) is 106 Å². The molecule has 0 saturated carbocycles. The van der Waals surface area contributed by atoms with Crippen molar-refractivity contribution >= 4 is 23.3 Å². The van der Waals surface area contributed by atoms with Gasteiger partial charge in [-0.15, -0.1) is 0 Å². The Balaban J connectivity index is 2.01. The van der Waals surface area contributed by atoms with Crippen LogP contribution >= 0.6 is 11.3 Å². The lowest BCUT2D eigenvalue weighted by molar-refractivity contribution is -0.127. The molecule has 0 fully saturated rings. The lowest BCUT2D eigenvalue weighted by Crippen LogP contribution is -2.43. The second kappa shape index (κ2) is 12.0. The van der Waals surface area contributed by atoms with Crippen LogP contribution in [-0.2, 0) is 4.79 Å². The molecule has 1 aliphatic rings. The highest BCUT2D eigenvalue weighted by Crippen LogP contribution is 2.38. The molecule has 10 heteroatoms. The lowest BCUT2D eigenvalue weighted by Gasteiger charge is -2.30. The Labute approximate surface area is 230 Å². The second-order valence-corrected chi connectivity index (χ2v) is 9.66. The minimum atomic E-state index is -0.786. The van der Waals surface area contributed by atoms with Gasteiger partial charge < -0.3 is 19.1 Å². The van der Waals surface area contributed by atoms with Crippen LogP contribution in [0.25, 0.3) is 6.08 Å². The average Bonchev–Trinajstić information content (AvgIpc) is 3.25. The van der Waals surface area contributed by atoms with Crippen LogP contribution in [0, 0.1) is 11.3 Å². The zero-order chi connectivity index (χ0) is 28.1. The molecule has 3 aromatic rings. The molecule has 202 valence electrons. The van der Waals surface area contributed by atoms with E-state index in [1.165, 1.54) is 11.3 Å². The maximum Gasteiger partial charge on any atom is 0.271 e. The maximum atomic E-state index is 14.0. The molecule has 1 amide bonds. The van der Waals surface area contributed by atoms with E-state index in [2.05, 4.69) is 0 Å². The third-order valence-corrected chi connectivity index (χ3v) is 7.51. The number of thiazole rings is 1. The molecule has 0 spiro atoms. The minimum absolute atomic E-state index is 0.113. The van der Waals surface area contributed by atoms with Crippen LogP contribution in [0.3, 0.4) is 0 Å². The quantitative estimate of drug-likeness (QED) is 0.409. The van der Waals surface area contributed by atoms with E-state index in [1.807, 2.05) is 32.0 Å². The Morgan fingerprint density at radius 2 is 1.90 bits per heavy atom. The van der Waals surface area contributed by atoms with Gasteiger partial charge in [-0.1, -0.05) is 29.5 Å². The summed E-state index contributed by atoms with van der Waals surface area (Å²) < 4.78 is 18.7. The van der Waals surface area contributed by atoms with Crippen LogP contribution in [0.1, 0.15) is 37.9 Å². The lowest BCUT2D eigenvalue weighted by atomic mass is 9.93. The molecule has 2 aromatic carbocycles. The number of methoxy groups -OCH3 is 2. The Morgan fingerprint density at radius 3 is 2.56 bits per heavy atom. The van der Waals surface area contributed by atoms with Crippen molar-refractivity contribution < 1.29 is 19.0 Å². The highest BCUT2D eigenvalue weighted by molar-refractivity contribution is 7.07. The largest absolute Gasteiger partial charge is 0.497 e. The van der Waals surface area contributed by atoms with Crippen LogP contribution < -0.4 is 29.1 Å². The van der Waals surface area contributed by atoms with Gasteiger partial charge in [-0.25, -0.2) is 4.99 Å². The summed E-state index contributed by atoms with van der Waals surface area (Å²) in [6.07, 6.45) is 1.72.